The van der Waals surface area contributed by atoms with Crippen molar-refractivity contribution in [1.29, 1.82) is 0 Å². The Hall–Kier alpha value is -1.49. The highest BCUT2D eigenvalue weighted by Crippen LogP contribution is 2.09. The van der Waals surface area contributed by atoms with Crippen LogP contribution in [0.25, 0.3) is 0 Å². The molecule has 0 saturated carbocycles. The van der Waals surface area contributed by atoms with E-state index < -0.39 is 23.6 Å². The molecule has 3 nitrogen and oxygen atoms in total. The van der Waals surface area contributed by atoms with Crippen molar-refractivity contribution < 1.29 is 18.7 Å². The summed E-state index contributed by atoms with van der Waals surface area (Å²) in [5.74, 6) is -1.99. The van der Waals surface area contributed by atoms with Crippen LogP contribution in [0.2, 0.25) is 0 Å². The zero-order valence-electron chi connectivity index (χ0n) is 10.4. The maximum absolute atomic E-state index is 12.9. The van der Waals surface area contributed by atoms with Crippen LogP contribution in [0, 0.1) is 17.6 Å². The second-order valence-electron chi connectivity index (χ2n) is 4.56. The lowest BCUT2D eigenvalue weighted by molar-refractivity contribution is 0.0938. The lowest BCUT2D eigenvalue weighted by Gasteiger charge is -2.14. The van der Waals surface area contributed by atoms with Gasteiger partial charge in [0.1, 0.15) is 11.6 Å². The molecule has 0 aromatic heterocycles. The molecule has 0 aliphatic carbocycles. The molecule has 0 saturated heterocycles. The summed E-state index contributed by atoms with van der Waals surface area (Å²) in [6.07, 6.45) is 0.112. The third-order valence-electron chi connectivity index (χ3n) is 2.48. The molecule has 2 N–H and O–H groups in total. The van der Waals surface area contributed by atoms with Gasteiger partial charge in [-0.3, -0.25) is 4.79 Å². The molecule has 0 aliphatic heterocycles. The van der Waals surface area contributed by atoms with Crippen LogP contribution in [-0.4, -0.2) is 23.7 Å². The number of aliphatic hydroxyl groups excluding tert-OH is 1. The number of rotatable bonds is 5. The highest BCUT2D eigenvalue weighted by molar-refractivity contribution is 5.94. The van der Waals surface area contributed by atoms with Crippen molar-refractivity contribution in [2.45, 2.75) is 26.4 Å². The Bertz CT molecular complexity index is 401. The molecule has 0 aliphatic rings. The summed E-state index contributed by atoms with van der Waals surface area (Å²) in [5.41, 5.74) is -0.0447. The highest BCUT2D eigenvalue weighted by Gasteiger charge is 2.11. The van der Waals surface area contributed by atoms with Crippen molar-refractivity contribution in [3.8, 4) is 0 Å². The van der Waals surface area contributed by atoms with Crippen LogP contribution in [-0.2, 0) is 0 Å². The van der Waals surface area contributed by atoms with E-state index in [1.165, 1.54) is 0 Å². The molecule has 100 valence electrons. The van der Waals surface area contributed by atoms with Crippen molar-refractivity contribution in [3.05, 3.63) is 35.4 Å². The zero-order valence-corrected chi connectivity index (χ0v) is 10.4. The Morgan fingerprint density at radius 1 is 1.28 bits per heavy atom. The molecule has 1 amide bonds. The Labute approximate surface area is 105 Å². The van der Waals surface area contributed by atoms with Gasteiger partial charge in [0.15, 0.2) is 0 Å². The minimum atomic E-state index is -0.780. The van der Waals surface area contributed by atoms with Gasteiger partial charge in [-0.05, 0) is 31.4 Å². The van der Waals surface area contributed by atoms with Crippen LogP contribution in [0.5, 0.6) is 0 Å². The number of halogens is 2. The fraction of sp³-hybridized carbons (Fsp3) is 0.462. The van der Waals surface area contributed by atoms with Gasteiger partial charge < -0.3 is 10.4 Å². The van der Waals surface area contributed by atoms with Crippen molar-refractivity contribution in [2.24, 2.45) is 5.92 Å². The van der Waals surface area contributed by atoms with Gasteiger partial charge in [-0.15, -0.1) is 0 Å². The fourth-order valence-electron chi connectivity index (χ4n) is 1.72. The molecule has 1 aromatic rings. The summed E-state index contributed by atoms with van der Waals surface area (Å²) >= 11 is 0. The summed E-state index contributed by atoms with van der Waals surface area (Å²) in [5, 5.41) is 11.7. The van der Waals surface area contributed by atoms with Crippen LogP contribution in [0.1, 0.15) is 30.6 Å². The first-order valence-corrected chi connectivity index (χ1v) is 5.81. The number of hydrogen-bond acceptors (Lipinski definition) is 2. The number of carbonyl (C=O) groups is 1. The summed E-state index contributed by atoms with van der Waals surface area (Å²) < 4.78 is 25.8. The molecule has 0 heterocycles. The molecule has 5 heteroatoms. The van der Waals surface area contributed by atoms with Crippen LogP contribution in [0.15, 0.2) is 18.2 Å². The topological polar surface area (TPSA) is 49.3 Å². The molecule has 2 atom stereocenters. The number of nitrogens with one attached hydrogen (secondary N) is 1. The van der Waals surface area contributed by atoms with Gasteiger partial charge in [0.25, 0.3) is 5.91 Å². The average Bonchev–Trinajstić information content (AvgIpc) is 2.23. The monoisotopic (exact) mass is 257 g/mol. The van der Waals surface area contributed by atoms with E-state index in [-0.39, 0.29) is 11.5 Å². The summed E-state index contributed by atoms with van der Waals surface area (Å²) in [7, 11) is 0. The normalized spacial score (nSPS) is 14.1. The Morgan fingerprint density at radius 3 is 2.33 bits per heavy atom. The molecule has 18 heavy (non-hydrogen) atoms. The average molecular weight is 257 g/mol. The third-order valence-corrected chi connectivity index (χ3v) is 2.48. The molecule has 0 fully saturated rings. The van der Waals surface area contributed by atoms with E-state index in [2.05, 4.69) is 5.32 Å². The van der Waals surface area contributed by atoms with Gasteiger partial charge >= 0.3 is 0 Å². The van der Waals surface area contributed by atoms with Crippen molar-refractivity contribution >= 4 is 5.91 Å². The van der Waals surface area contributed by atoms with E-state index in [9.17, 15) is 13.6 Å². The van der Waals surface area contributed by atoms with Gasteiger partial charge in [0, 0.05) is 18.2 Å². The van der Waals surface area contributed by atoms with E-state index in [1.807, 2.05) is 6.92 Å². The van der Waals surface area contributed by atoms with Crippen LogP contribution < -0.4 is 5.32 Å². The summed E-state index contributed by atoms with van der Waals surface area (Å²) in [6.45, 7) is 3.89. The quantitative estimate of drug-likeness (QED) is 0.848. The third kappa shape index (κ3) is 4.79. The van der Waals surface area contributed by atoms with E-state index in [0.717, 1.165) is 12.1 Å². The first-order valence-electron chi connectivity index (χ1n) is 5.81. The van der Waals surface area contributed by atoms with Gasteiger partial charge in [-0.1, -0.05) is 6.92 Å². The Balaban J connectivity index is 2.55. The first-order chi connectivity index (χ1) is 8.38. The van der Waals surface area contributed by atoms with Crippen molar-refractivity contribution in [2.75, 3.05) is 6.54 Å². The number of carbonyl (C=O) groups excluding carboxylic acids is 1. The standard InChI is InChI=1S/C13H17F2NO2/c1-8(3-9(2)17)7-16-13(18)10-4-11(14)6-12(15)5-10/h4-6,8-9,17H,3,7H2,1-2H3,(H,16,18). The molecule has 2 unspecified atom stereocenters. The van der Waals surface area contributed by atoms with Crippen molar-refractivity contribution in [1.82, 2.24) is 5.32 Å². The molecular formula is C13H17F2NO2. The second kappa shape index (κ2) is 6.44. The molecule has 0 bridgehead atoms. The van der Waals surface area contributed by atoms with Gasteiger partial charge in [-0.2, -0.15) is 0 Å². The fourth-order valence-corrected chi connectivity index (χ4v) is 1.72. The van der Waals surface area contributed by atoms with Crippen molar-refractivity contribution in [3.63, 3.8) is 0 Å². The minimum Gasteiger partial charge on any atom is -0.393 e. The van der Waals surface area contributed by atoms with E-state index >= 15 is 0 Å². The predicted molar refractivity (Wildman–Crippen MR) is 64.2 cm³/mol. The maximum Gasteiger partial charge on any atom is 0.251 e. The van der Waals surface area contributed by atoms with E-state index in [0.29, 0.717) is 19.0 Å². The zero-order chi connectivity index (χ0) is 13.7. The number of benzene rings is 1. The van der Waals surface area contributed by atoms with Crippen LogP contribution >= 0.6 is 0 Å². The smallest absolute Gasteiger partial charge is 0.251 e. The Morgan fingerprint density at radius 2 is 1.83 bits per heavy atom. The van der Waals surface area contributed by atoms with E-state index in [1.54, 1.807) is 6.92 Å². The summed E-state index contributed by atoms with van der Waals surface area (Å²) in [4.78, 5) is 11.6. The van der Waals surface area contributed by atoms with Crippen LogP contribution in [0.3, 0.4) is 0 Å². The molecule has 1 aromatic carbocycles. The number of hydrogen-bond donors (Lipinski definition) is 2. The van der Waals surface area contributed by atoms with Crippen LogP contribution in [0.4, 0.5) is 8.78 Å². The SMILES string of the molecule is CC(O)CC(C)CNC(=O)c1cc(F)cc(F)c1. The number of amides is 1. The first kappa shape index (κ1) is 14.6. The molecule has 1 rings (SSSR count). The van der Waals surface area contributed by atoms with E-state index in [4.69, 9.17) is 5.11 Å². The lowest BCUT2D eigenvalue weighted by atomic mass is 10.0. The highest BCUT2D eigenvalue weighted by atomic mass is 19.1. The second-order valence-corrected chi connectivity index (χ2v) is 4.56. The molecular weight excluding hydrogens is 240 g/mol. The van der Waals surface area contributed by atoms with Gasteiger partial charge in [0.2, 0.25) is 0 Å². The largest absolute Gasteiger partial charge is 0.393 e. The minimum absolute atomic E-state index is 0.0447. The predicted octanol–water partition coefficient (Wildman–Crippen LogP) is 2.10. The summed E-state index contributed by atoms with van der Waals surface area (Å²) in [6, 6.07) is 2.68. The van der Waals surface area contributed by atoms with Gasteiger partial charge in [-0.25, -0.2) is 8.78 Å². The van der Waals surface area contributed by atoms with Gasteiger partial charge in [0.05, 0.1) is 6.10 Å². The number of aliphatic hydroxyl groups is 1. The maximum atomic E-state index is 12.9. The lowest BCUT2D eigenvalue weighted by Crippen LogP contribution is -2.29. The molecule has 0 spiro atoms. The Kier molecular flexibility index (Phi) is 5.22. The molecule has 0 radical (unpaired) electrons.